The molecule has 0 radical (unpaired) electrons. The molecule has 0 aliphatic carbocycles. The molecule has 0 saturated heterocycles. The normalized spacial score (nSPS) is 10.4. The van der Waals surface area contributed by atoms with Crippen molar-refractivity contribution in [3.05, 3.63) is 29.8 Å². The minimum Gasteiger partial charge on any atom is -0.407 e. The summed E-state index contributed by atoms with van der Waals surface area (Å²) in [6, 6.07) is 7.38. The molecule has 0 saturated carbocycles. The van der Waals surface area contributed by atoms with Gasteiger partial charge in [0.2, 0.25) is 0 Å². The van der Waals surface area contributed by atoms with Crippen LogP contribution in [0, 0.1) is 0 Å². The predicted octanol–water partition coefficient (Wildman–Crippen LogP) is 2.83. The van der Waals surface area contributed by atoms with Gasteiger partial charge in [0.25, 0.3) is 0 Å². The highest BCUT2D eigenvalue weighted by atomic mass is 16.6. The van der Waals surface area contributed by atoms with E-state index in [0.29, 0.717) is 18.8 Å². The SMILES string of the molecule is CCCCOB(OCCCC)c1ccc(C=O)cc1. The van der Waals surface area contributed by atoms with Crippen molar-refractivity contribution in [1.82, 2.24) is 0 Å². The molecule has 3 nitrogen and oxygen atoms in total. The van der Waals surface area contributed by atoms with Gasteiger partial charge in [0.1, 0.15) is 6.29 Å². The van der Waals surface area contributed by atoms with Gasteiger partial charge in [-0.25, -0.2) is 0 Å². The predicted molar refractivity (Wildman–Crippen MR) is 78.9 cm³/mol. The summed E-state index contributed by atoms with van der Waals surface area (Å²) < 4.78 is 11.6. The summed E-state index contributed by atoms with van der Waals surface area (Å²) in [5, 5.41) is 0. The van der Waals surface area contributed by atoms with Gasteiger partial charge in [0, 0.05) is 18.8 Å². The van der Waals surface area contributed by atoms with Crippen LogP contribution in [0.1, 0.15) is 49.9 Å². The Hall–Kier alpha value is -1.13. The first kappa shape index (κ1) is 15.9. The molecule has 0 spiro atoms. The molecule has 0 amide bonds. The summed E-state index contributed by atoms with van der Waals surface area (Å²) in [5.41, 5.74) is 1.64. The first-order valence-corrected chi connectivity index (χ1v) is 7.10. The van der Waals surface area contributed by atoms with E-state index in [1.165, 1.54) is 0 Å². The van der Waals surface area contributed by atoms with E-state index in [1.54, 1.807) is 12.1 Å². The standard InChI is InChI=1S/C15H23BO3/c1-3-5-11-18-16(19-12-6-4-2)15-9-7-14(13-17)8-10-15/h7-10,13H,3-6,11-12H2,1-2H3. The highest BCUT2D eigenvalue weighted by Crippen LogP contribution is 2.00. The van der Waals surface area contributed by atoms with Crippen LogP contribution in [-0.4, -0.2) is 26.6 Å². The van der Waals surface area contributed by atoms with Crippen molar-refractivity contribution in [2.24, 2.45) is 0 Å². The summed E-state index contributed by atoms with van der Waals surface area (Å²) in [6.45, 7) is 5.66. The number of carbonyl (C=O) groups is 1. The molecule has 0 aliphatic heterocycles. The zero-order valence-corrected chi connectivity index (χ0v) is 11.9. The van der Waals surface area contributed by atoms with Gasteiger partial charge in [-0.2, -0.15) is 0 Å². The van der Waals surface area contributed by atoms with Gasteiger partial charge in [-0.15, -0.1) is 0 Å². The van der Waals surface area contributed by atoms with Crippen molar-refractivity contribution in [1.29, 1.82) is 0 Å². The topological polar surface area (TPSA) is 35.5 Å². The lowest BCUT2D eigenvalue weighted by molar-refractivity contribution is 0.112. The minimum absolute atomic E-state index is 0.321. The number of rotatable bonds is 10. The van der Waals surface area contributed by atoms with E-state index in [9.17, 15) is 4.79 Å². The molecular weight excluding hydrogens is 239 g/mol. The van der Waals surface area contributed by atoms with Crippen molar-refractivity contribution < 1.29 is 14.1 Å². The van der Waals surface area contributed by atoms with Gasteiger partial charge in [-0.05, 0) is 18.3 Å². The second-order valence-electron chi connectivity index (χ2n) is 4.57. The van der Waals surface area contributed by atoms with E-state index >= 15 is 0 Å². The Morgan fingerprint density at radius 2 is 1.53 bits per heavy atom. The fourth-order valence-electron chi connectivity index (χ4n) is 1.64. The van der Waals surface area contributed by atoms with Crippen LogP contribution in [-0.2, 0) is 9.31 Å². The maximum atomic E-state index is 10.6. The van der Waals surface area contributed by atoms with Crippen molar-refractivity contribution in [2.75, 3.05) is 13.2 Å². The first-order valence-electron chi connectivity index (χ1n) is 7.10. The third-order valence-electron chi connectivity index (χ3n) is 2.88. The largest absolute Gasteiger partial charge is 0.493 e. The van der Waals surface area contributed by atoms with Gasteiger partial charge in [-0.3, -0.25) is 4.79 Å². The van der Waals surface area contributed by atoms with Gasteiger partial charge in [0.05, 0.1) is 0 Å². The third kappa shape index (κ3) is 6.03. The van der Waals surface area contributed by atoms with Crippen LogP contribution in [0.3, 0.4) is 0 Å². The van der Waals surface area contributed by atoms with Crippen LogP contribution >= 0.6 is 0 Å². The second-order valence-corrected chi connectivity index (χ2v) is 4.57. The zero-order valence-electron chi connectivity index (χ0n) is 11.9. The Bertz CT molecular complexity index is 341. The van der Waals surface area contributed by atoms with E-state index in [1.807, 2.05) is 12.1 Å². The average Bonchev–Trinajstić information content (AvgIpc) is 2.46. The molecule has 0 fully saturated rings. The van der Waals surface area contributed by atoms with E-state index in [4.69, 9.17) is 9.31 Å². The summed E-state index contributed by atoms with van der Waals surface area (Å²) in [5.74, 6) is 0. The Balaban J connectivity index is 2.60. The Kier molecular flexibility index (Phi) is 8.18. The monoisotopic (exact) mass is 262 g/mol. The van der Waals surface area contributed by atoms with Crippen molar-refractivity contribution in [2.45, 2.75) is 39.5 Å². The zero-order chi connectivity index (χ0) is 13.9. The Morgan fingerprint density at radius 1 is 1.00 bits per heavy atom. The van der Waals surface area contributed by atoms with Gasteiger partial charge < -0.3 is 9.31 Å². The summed E-state index contributed by atoms with van der Waals surface area (Å²) in [7, 11) is -0.321. The first-order chi connectivity index (χ1) is 9.31. The highest BCUT2D eigenvalue weighted by molar-refractivity contribution is 6.61. The molecule has 0 aromatic heterocycles. The molecule has 1 aromatic carbocycles. The number of hydrogen-bond acceptors (Lipinski definition) is 3. The van der Waals surface area contributed by atoms with Crippen molar-refractivity contribution >= 4 is 18.9 Å². The molecule has 19 heavy (non-hydrogen) atoms. The number of aldehydes is 1. The highest BCUT2D eigenvalue weighted by Gasteiger charge is 2.20. The maximum Gasteiger partial charge on any atom is 0.493 e. The minimum atomic E-state index is -0.321. The second kappa shape index (κ2) is 9.76. The fourth-order valence-corrected chi connectivity index (χ4v) is 1.64. The average molecular weight is 262 g/mol. The van der Waals surface area contributed by atoms with Crippen molar-refractivity contribution in [3.8, 4) is 0 Å². The molecular formula is C15H23BO3. The summed E-state index contributed by atoms with van der Waals surface area (Å²) in [4.78, 5) is 10.6. The van der Waals surface area contributed by atoms with Crippen LogP contribution in [0.5, 0.6) is 0 Å². The van der Waals surface area contributed by atoms with Crippen LogP contribution in [0.25, 0.3) is 0 Å². The Morgan fingerprint density at radius 3 is 1.95 bits per heavy atom. The van der Waals surface area contributed by atoms with Gasteiger partial charge >= 0.3 is 7.12 Å². The molecule has 0 unspecified atom stereocenters. The van der Waals surface area contributed by atoms with Crippen LogP contribution in [0.15, 0.2) is 24.3 Å². The molecule has 0 aliphatic rings. The molecule has 104 valence electrons. The third-order valence-corrected chi connectivity index (χ3v) is 2.88. The van der Waals surface area contributed by atoms with E-state index < -0.39 is 0 Å². The Labute approximate surface area is 116 Å². The molecule has 0 heterocycles. The van der Waals surface area contributed by atoms with Crippen LogP contribution in [0.4, 0.5) is 0 Å². The lowest BCUT2D eigenvalue weighted by Gasteiger charge is -2.15. The molecule has 4 heteroatoms. The smallest absolute Gasteiger partial charge is 0.407 e. The number of carbonyl (C=O) groups excluding carboxylic acids is 1. The summed E-state index contributed by atoms with van der Waals surface area (Å²) >= 11 is 0. The van der Waals surface area contributed by atoms with Crippen LogP contribution < -0.4 is 5.46 Å². The van der Waals surface area contributed by atoms with Crippen LogP contribution in [0.2, 0.25) is 0 Å². The maximum absolute atomic E-state index is 10.6. The fraction of sp³-hybridized carbons (Fsp3) is 0.533. The molecule has 0 N–H and O–H groups in total. The van der Waals surface area contributed by atoms with Gasteiger partial charge in [-0.1, -0.05) is 51.0 Å². The lowest BCUT2D eigenvalue weighted by Crippen LogP contribution is -2.37. The number of hydrogen-bond donors (Lipinski definition) is 0. The lowest BCUT2D eigenvalue weighted by atomic mass is 9.78. The summed E-state index contributed by atoms with van der Waals surface area (Å²) in [6.07, 6.45) is 5.10. The quantitative estimate of drug-likeness (QED) is 0.369. The van der Waals surface area contributed by atoms with E-state index in [-0.39, 0.29) is 7.12 Å². The van der Waals surface area contributed by atoms with E-state index in [2.05, 4.69) is 13.8 Å². The molecule has 1 rings (SSSR count). The molecule has 0 bridgehead atoms. The number of unbranched alkanes of at least 4 members (excludes halogenated alkanes) is 2. The van der Waals surface area contributed by atoms with Gasteiger partial charge in [0.15, 0.2) is 0 Å². The molecule has 1 aromatic rings. The number of benzene rings is 1. The van der Waals surface area contributed by atoms with Crippen molar-refractivity contribution in [3.63, 3.8) is 0 Å². The molecule has 0 atom stereocenters. The van der Waals surface area contributed by atoms with E-state index in [0.717, 1.165) is 37.4 Å².